The minimum atomic E-state index is -3.12. The highest BCUT2D eigenvalue weighted by molar-refractivity contribution is 14.1. The average Bonchev–Trinajstić information content (AvgIpc) is 2.40. The smallest absolute Gasteiger partial charge is 0.255 e. The van der Waals surface area contributed by atoms with E-state index in [0.29, 0.717) is 16.8 Å². The Morgan fingerprint density at radius 2 is 1.81 bits per heavy atom. The normalized spacial score (nSPS) is 11.1. The lowest BCUT2D eigenvalue weighted by molar-refractivity contribution is 0.102. The second-order valence-corrected chi connectivity index (χ2v) is 8.12. The van der Waals surface area contributed by atoms with Gasteiger partial charge in [0.25, 0.3) is 5.91 Å². The fraction of sp³-hybridized carbons (Fsp3) is 0.133. The molecule has 0 saturated heterocycles. The van der Waals surface area contributed by atoms with E-state index < -0.39 is 9.84 Å². The molecule has 0 aromatic heterocycles. The van der Waals surface area contributed by atoms with Gasteiger partial charge in [-0.2, -0.15) is 0 Å². The average molecular weight is 415 g/mol. The van der Waals surface area contributed by atoms with Crippen LogP contribution in [0.25, 0.3) is 0 Å². The Hall–Kier alpha value is -1.41. The van der Waals surface area contributed by atoms with Crippen LogP contribution in [0.2, 0.25) is 0 Å². The molecule has 0 saturated carbocycles. The Kier molecular flexibility index (Phi) is 5.00. The molecule has 110 valence electrons. The molecular weight excluding hydrogens is 401 g/mol. The number of rotatable bonds is 4. The molecule has 0 aliphatic heterocycles. The highest BCUT2D eigenvalue weighted by atomic mass is 127. The maximum absolute atomic E-state index is 12.2. The van der Waals surface area contributed by atoms with Crippen LogP contribution in [0.15, 0.2) is 48.5 Å². The Bertz CT molecular complexity index is 755. The first-order chi connectivity index (χ1) is 9.83. The molecule has 2 aromatic carbocycles. The summed E-state index contributed by atoms with van der Waals surface area (Å²) < 4.78 is 23.7. The second kappa shape index (κ2) is 6.57. The number of hydrogen-bond donors (Lipinski definition) is 1. The van der Waals surface area contributed by atoms with Crippen molar-refractivity contribution in [3.05, 3.63) is 63.2 Å². The summed E-state index contributed by atoms with van der Waals surface area (Å²) in [4.78, 5) is 12.2. The first-order valence-electron chi connectivity index (χ1n) is 6.17. The molecule has 0 fully saturated rings. The van der Waals surface area contributed by atoms with Crippen LogP contribution in [0.3, 0.4) is 0 Å². The molecule has 4 nitrogen and oxygen atoms in total. The Balaban J connectivity index is 2.16. The number of halogens is 1. The van der Waals surface area contributed by atoms with Gasteiger partial charge in [-0.3, -0.25) is 4.79 Å². The van der Waals surface area contributed by atoms with Gasteiger partial charge in [-0.05, 0) is 64.6 Å². The summed E-state index contributed by atoms with van der Waals surface area (Å²) in [5.74, 6) is -0.330. The van der Waals surface area contributed by atoms with Gasteiger partial charge in [0.2, 0.25) is 0 Å². The molecule has 0 bridgehead atoms. The van der Waals surface area contributed by atoms with Gasteiger partial charge in [-0.1, -0.05) is 12.1 Å². The highest BCUT2D eigenvalue weighted by Crippen LogP contribution is 2.14. The number of carbonyl (C=O) groups is 1. The number of anilines is 1. The van der Waals surface area contributed by atoms with E-state index in [9.17, 15) is 13.2 Å². The second-order valence-electron chi connectivity index (χ2n) is 4.73. The number of hydrogen-bond acceptors (Lipinski definition) is 3. The Morgan fingerprint density at radius 1 is 1.14 bits per heavy atom. The Labute approximate surface area is 137 Å². The number of nitrogens with one attached hydrogen (secondary N) is 1. The molecule has 2 aromatic rings. The molecule has 0 spiro atoms. The molecule has 0 heterocycles. The molecule has 0 radical (unpaired) electrons. The number of benzene rings is 2. The van der Waals surface area contributed by atoms with Crippen LogP contribution in [0.5, 0.6) is 0 Å². The van der Waals surface area contributed by atoms with Crippen LogP contribution in [0, 0.1) is 3.57 Å². The molecule has 21 heavy (non-hydrogen) atoms. The zero-order valence-corrected chi connectivity index (χ0v) is 14.3. The third kappa shape index (κ3) is 5.13. The quantitative estimate of drug-likeness (QED) is 0.781. The van der Waals surface area contributed by atoms with Crippen LogP contribution in [0.1, 0.15) is 15.9 Å². The third-order valence-electron chi connectivity index (χ3n) is 2.72. The first-order valence-corrected chi connectivity index (χ1v) is 9.31. The predicted octanol–water partition coefficient (Wildman–Crippen LogP) is 3.09. The van der Waals surface area contributed by atoms with Crippen molar-refractivity contribution >= 4 is 44.0 Å². The van der Waals surface area contributed by atoms with Crippen LogP contribution < -0.4 is 5.32 Å². The maximum atomic E-state index is 12.2. The molecule has 1 N–H and O–H groups in total. The predicted molar refractivity (Wildman–Crippen MR) is 92.1 cm³/mol. The summed E-state index contributed by atoms with van der Waals surface area (Å²) in [6, 6.07) is 14.1. The third-order valence-corrected chi connectivity index (χ3v) is 4.30. The molecule has 1 amide bonds. The van der Waals surface area contributed by atoms with Crippen molar-refractivity contribution in [1.29, 1.82) is 0 Å². The van der Waals surface area contributed by atoms with E-state index >= 15 is 0 Å². The molecule has 2 rings (SSSR count). The van der Waals surface area contributed by atoms with E-state index in [1.807, 2.05) is 24.3 Å². The molecule has 0 atom stereocenters. The molecule has 0 unspecified atom stereocenters. The monoisotopic (exact) mass is 415 g/mol. The summed E-state index contributed by atoms with van der Waals surface area (Å²) in [6.07, 6.45) is 1.17. The summed E-state index contributed by atoms with van der Waals surface area (Å²) in [7, 11) is -3.12. The van der Waals surface area contributed by atoms with Crippen LogP contribution in [0.4, 0.5) is 5.69 Å². The van der Waals surface area contributed by atoms with Crippen molar-refractivity contribution in [2.75, 3.05) is 11.6 Å². The standard InChI is InChI=1S/C15H14INO3S/c1-21(19,20)10-11-3-2-4-12(9-11)15(18)17-14-7-5-13(16)6-8-14/h2-9H,10H2,1H3,(H,17,18). The lowest BCUT2D eigenvalue weighted by Crippen LogP contribution is -2.12. The minimum Gasteiger partial charge on any atom is -0.322 e. The van der Waals surface area contributed by atoms with Gasteiger partial charge in [0.05, 0.1) is 5.75 Å². The SMILES string of the molecule is CS(=O)(=O)Cc1cccc(C(=O)Nc2ccc(I)cc2)c1. The zero-order valence-electron chi connectivity index (χ0n) is 11.3. The summed E-state index contributed by atoms with van der Waals surface area (Å²) in [6.45, 7) is 0. The molecular formula is C15H14INO3S. The number of carbonyl (C=O) groups excluding carboxylic acids is 1. The van der Waals surface area contributed by atoms with Gasteiger partial charge in [-0.25, -0.2) is 8.42 Å². The maximum Gasteiger partial charge on any atom is 0.255 e. The van der Waals surface area contributed by atoms with Crippen molar-refractivity contribution < 1.29 is 13.2 Å². The highest BCUT2D eigenvalue weighted by Gasteiger charge is 2.09. The van der Waals surface area contributed by atoms with E-state index in [1.54, 1.807) is 24.3 Å². The van der Waals surface area contributed by atoms with Crippen LogP contribution in [-0.4, -0.2) is 20.6 Å². The topological polar surface area (TPSA) is 63.2 Å². The fourth-order valence-corrected chi connectivity index (χ4v) is 2.99. The molecule has 0 aliphatic rings. The largest absolute Gasteiger partial charge is 0.322 e. The van der Waals surface area contributed by atoms with Gasteiger partial charge in [0, 0.05) is 21.1 Å². The van der Waals surface area contributed by atoms with E-state index in [-0.39, 0.29) is 11.7 Å². The van der Waals surface area contributed by atoms with E-state index in [0.717, 1.165) is 3.57 Å². The molecule has 0 aliphatic carbocycles. The van der Waals surface area contributed by atoms with E-state index in [4.69, 9.17) is 0 Å². The summed E-state index contributed by atoms with van der Waals surface area (Å²) in [5, 5.41) is 2.78. The van der Waals surface area contributed by atoms with E-state index in [2.05, 4.69) is 27.9 Å². The van der Waals surface area contributed by atoms with Crippen LogP contribution >= 0.6 is 22.6 Å². The van der Waals surface area contributed by atoms with Gasteiger partial charge < -0.3 is 5.32 Å². The molecule has 6 heteroatoms. The number of sulfone groups is 1. The van der Waals surface area contributed by atoms with Crippen molar-refractivity contribution in [3.8, 4) is 0 Å². The summed E-state index contributed by atoms with van der Waals surface area (Å²) >= 11 is 2.19. The van der Waals surface area contributed by atoms with Gasteiger partial charge >= 0.3 is 0 Å². The van der Waals surface area contributed by atoms with Crippen molar-refractivity contribution in [2.24, 2.45) is 0 Å². The Morgan fingerprint density at radius 3 is 2.43 bits per heavy atom. The van der Waals surface area contributed by atoms with E-state index in [1.165, 1.54) is 6.26 Å². The number of amides is 1. The van der Waals surface area contributed by atoms with Crippen molar-refractivity contribution in [1.82, 2.24) is 0 Å². The first kappa shape index (κ1) is 16.0. The fourth-order valence-electron chi connectivity index (χ4n) is 1.84. The van der Waals surface area contributed by atoms with Crippen molar-refractivity contribution in [3.63, 3.8) is 0 Å². The minimum absolute atomic E-state index is 0.0718. The van der Waals surface area contributed by atoms with Crippen LogP contribution in [-0.2, 0) is 15.6 Å². The van der Waals surface area contributed by atoms with Gasteiger partial charge in [0.15, 0.2) is 9.84 Å². The van der Waals surface area contributed by atoms with Gasteiger partial charge in [0.1, 0.15) is 0 Å². The van der Waals surface area contributed by atoms with Crippen molar-refractivity contribution in [2.45, 2.75) is 5.75 Å². The lowest BCUT2D eigenvalue weighted by Gasteiger charge is -2.07. The van der Waals surface area contributed by atoms with Gasteiger partial charge in [-0.15, -0.1) is 0 Å². The lowest BCUT2D eigenvalue weighted by atomic mass is 10.1. The summed E-state index contributed by atoms with van der Waals surface area (Å²) in [5.41, 5.74) is 1.75. The zero-order chi connectivity index (χ0) is 15.5.